The Morgan fingerprint density at radius 1 is 1.33 bits per heavy atom. The number of carbonyl (C=O) groups excluding carboxylic acids is 1. The molecule has 1 unspecified atom stereocenters. The minimum atomic E-state index is -1.08. The van der Waals surface area contributed by atoms with Gasteiger partial charge in [0, 0.05) is 11.9 Å². The van der Waals surface area contributed by atoms with Crippen molar-refractivity contribution in [3.63, 3.8) is 0 Å². The second-order valence-corrected chi connectivity index (χ2v) is 9.63. The molecule has 2 aromatic rings. The Bertz CT molecular complexity index is 788. The molecule has 3 rings (SSSR count). The van der Waals surface area contributed by atoms with Crippen molar-refractivity contribution < 1.29 is 14.4 Å². The van der Waals surface area contributed by atoms with Crippen molar-refractivity contribution in [3.05, 3.63) is 24.0 Å². The number of nitrogens with zero attached hydrogens (tertiary/aromatic N) is 3. The molecule has 0 aliphatic heterocycles. The van der Waals surface area contributed by atoms with Crippen molar-refractivity contribution in [2.75, 3.05) is 5.32 Å². The van der Waals surface area contributed by atoms with Crippen molar-refractivity contribution in [2.24, 2.45) is 10.8 Å². The van der Waals surface area contributed by atoms with Gasteiger partial charge in [0.25, 0.3) is 0 Å². The fraction of sp³-hybridized carbons (Fsp3) is 0.727. The molecule has 0 amide bonds. The van der Waals surface area contributed by atoms with E-state index in [1.54, 1.807) is 12.3 Å². The molecule has 1 aliphatic rings. The summed E-state index contributed by atoms with van der Waals surface area (Å²) in [6.45, 7) is 7.40. The Kier molecular flexibility index (Phi) is 7.15. The van der Waals surface area contributed by atoms with Crippen molar-refractivity contribution in [3.8, 4) is 0 Å². The number of rotatable bonds is 10. The third-order valence-electron chi connectivity index (χ3n) is 6.79. The molecule has 8 heteroatoms. The van der Waals surface area contributed by atoms with Crippen LogP contribution in [0.5, 0.6) is 0 Å². The number of carbonyl (C=O) groups is 1. The highest BCUT2D eigenvalue weighted by Gasteiger charge is 2.41. The molecule has 0 spiro atoms. The van der Waals surface area contributed by atoms with E-state index in [-0.39, 0.29) is 17.8 Å². The molecule has 1 saturated carbocycles. The summed E-state index contributed by atoms with van der Waals surface area (Å²) in [4.78, 5) is 15.8. The van der Waals surface area contributed by atoms with Crippen LogP contribution >= 0.6 is 0 Å². The lowest BCUT2D eigenvalue weighted by atomic mass is 9.57. The SMILES string of the molecule is CC(C)(C)C1(CCCC(CC(=O)[O-])c2nc(CNc3ccn[nH]3)no2)CCCCC1. The van der Waals surface area contributed by atoms with Crippen LogP contribution in [-0.4, -0.2) is 26.3 Å². The summed E-state index contributed by atoms with van der Waals surface area (Å²) in [6.07, 6.45) is 10.7. The number of anilines is 1. The third kappa shape index (κ3) is 5.61. The van der Waals surface area contributed by atoms with Crippen LogP contribution < -0.4 is 10.4 Å². The van der Waals surface area contributed by atoms with Crippen LogP contribution in [0.1, 0.15) is 96.2 Å². The lowest BCUT2D eigenvalue weighted by Gasteiger charge is -2.48. The minimum absolute atomic E-state index is 0.0991. The molecule has 30 heavy (non-hydrogen) atoms. The largest absolute Gasteiger partial charge is 0.550 e. The maximum atomic E-state index is 11.3. The lowest BCUT2D eigenvalue weighted by Crippen LogP contribution is -2.37. The summed E-state index contributed by atoms with van der Waals surface area (Å²) >= 11 is 0. The van der Waals surface area contributed by atoms with Gasteiger partial charge in [-0.05, 0) is 49.0 Å². The maximum Gasteiger partial charge on any atom is 0.230 e. The number of carboxylic acids is 1. The second kappa shape index (κ2) is 9.62. The summed E-state index contributed by atoms with van der Waals surface area (Å²) < 4.78 is 5.41. The van der Waals surface area contributed by atoms with Crippen LogP contribution in [0.4, 0.5) is 5.82 Å². The van der Waals surface area contributed by atoms with Gasteiger partial charge >= 0.3 is 0 Å². The zero-order chi connectivity index (χ0) is 21.6. The van der Waals surface area contributed by atoms with E-state index >= 15 is 0 Å². The summed E-state index contributed by atoms with van der Waals surface area (Å²) in [7, 11) is 0. The van der Waals surface area contributed by atoms with Gasteiger partial charge in [0.2, 0.25) is 5.89 Å². The zero-order valence-corrected chi connectivity index (χ0v) is 18.4. The molecular weight excluding hydrogens is 382 g/mol. The van der Waals surface area contributed by atoms with Crippen molar-refractivity contribution >= 4 is 11.8 Å². The number of hydrogen-bond donors (Lipinski definition) is 2. The number of carboxylic acid groups (broad SMARTS) is 1. The number of H-pyrrole nitrogens is 1. The highest BCUT2D eigenvalue weighted by atomic mass is 16.5. The predicted octanol–water partition coefficient (Wildman–Crippen LogP) is 3.80. The average molecular weight is 417 g/mol. The number of nitrogens with one attached hydrogen (secondary N) is 2. The zero-order valence-electron chi connectivity index (χ0n) is 18.4. The molecule has 0 aromatic carbocycles. The Hall–Kier alpha value is -2.38. The van der Waals surface area contributed by atoms with Gasteiger partial charge in [0.15, 0.2) is 5.82 Å². The fourth-order valence-electron chi connectivity index (χ4n) is 4.84. The fourth-order valence-corrected chi connectivity index (χ4v) is 4.84. The molecule has 2 N–H and O–H groups in total. The summed E-state index contributed by atoms with van der Waals surface area (Å²) in [5.41, 5.74) is 0.568. The van der Waals surface area contributed by atoms with Crippen LogP contribution in [0, 0.1) is 10.8 Å². The van der Waals surface area contributed by atoms with E-state index in [9.17, 15) is 9.90 Å². The first kappa shape index (κ1) is 22.3. The quantitative estimate of drug-likeness (QED) is 0.604. The molecule has 0 saturated heterocycles. The van der Waals surface area contributed by atoms with Gasteiger partial charge < -0.3 is 19.7 Å². The summed E-state index contributed by atoms with van der Waals surface area (Å²) in [5.74, 6) is 0.227. The first-order valence-electron chi connectivity index (χ1n) is 11.0. The van der Waals surface area contributed by atoms with E-state index in [4.69, 9.17) is 4.52 Å². The topological polar surface area (TPSA) is 120 Å². The van der Waals surface area contributed by atoms with Gasteiger partial charge in [-0.3, -0.25) is 5.10 Å². The predicted molar refractivity (Wildman–Crippen MR) is 111 cm³/mol. The lowest BCUT2D eigenvalue weighted by molar-refractivity contribution is -0.306. The Morgan fingerprint density at radius 2 is 2.10 bits per heavy atom. The third-order valence-corrected chi connectivity index (χ3v) is 6.79. The maximum absolute atomic E-state index is 11.3. The summed E-state index contributed by atoms with van der Waals surface area (Å²) in [5, 5.41) is 25.1. The molecular formula is C22H34N5O3-. The first-order chi connectivity index (χ1) is 14.3. The van der Waals surface area contributed by atoms with Gasteiger partial charge in [0.05, 0.1) is 12.7 Å². The highest BCUT2D eigenvalue weighted by molar-refractivity contribution is 5.65. The van der Waals surface area contributed by atoms with E-state index in [2.05, 4.69) is 46.4 Å². The molecule has 1 atom stereocenters. The first-order valence-corrected chi connectivity index (χ1v) is 11.0. The highest BCUT2D eigenvalue weighted by Crippen LogP contribution is 2.53. The van der Waals surface area contributed by atoms with E-state index < -0.39 is 5.97 Å². The Morgan fingerprint density at radius 3 is 2.73 bits per heavy atom. The van der Waals surface area contributed by atoms with E-state index in [0.717, 1.165) is 18.7 Å². The van der Waals surface area contributed by atoms with Crippen LogP contribution in [0.2, 0.25) is 0 Å². The number of aromatic nitrogens is 4. The Balaban J connectivity index is 1.61. The van der Waals surface area contributed by atoms with E-state index in [1.165, 1.54) is 32.1 Å². The Labute approximate surface area is 178 Å². The summed E-state index contributed by atoms with van der Waals surface area (Å²) in [6, 6.07) is 1.80. The van der Waals surface area contributed by atoms with Crippen LogP contribution in [0.3, 0.4) is 0 Å². The van der Waals surface area contributed by atoms with E-state index in [0.29, 0.717) is 30.1 Å². The molecule has 0 bridgehead atoms. The molecule has 1 fully saturated rings. The molecule has 1 aliphatic carbocycles. The van der Waals surface area contributed by atoms with Gasteiger partial charge in [-0.25, -0.2) is 0 Å². The molecule has 166 valence electrons. The smallest absolute Gasteiger partial charge is 0.230 e. The standard InChI is InChI=1S/C22H35N5O3/c1-21(2,3)22(10-5-4-6-11-22)12-7-8-16(14-19(28)29)20-25-18(27-30-20)15-23-17-9-13-24-26-17/h9,13,16H,4-8,10-12,14-15H2,1-3H3,(H,28,29)(H2,23,24,26)/p-1. The van der Waals surface area contributed by atoms with Crippen LogP contribution in [0.25, 0.3) is 0 Å². The number of aliphatic carboxylic acids is 1. The second-order valence-electron chi connectivity index (χ2n) is 9.63. The van der Waals surface area contributed by atoms with Crippen molar-refractivity contribution in [1.82, 2.24) is 20.3 Å². The number of aromatic amines is 1. The van der Waals surface area contributed by atoms with Crippen LogP contribution in [-0.2, 0) is 11.3 Å². The van der Waals surface area contributed by atoms with E-state index in [1.807, 2.05) is 0 Å². The minimum Gasteiger partial charge on any atom is -0.550 e. The molecule has 0 radical (unpaired) electrons. The van der Waals surface area contributed by atoms with Gasteiger partial charge in [0.1, 0.15) is 5.82 Å². The monoisotopic (exact) mass is 416 g/mol. The molecule has 2 heterocycles. The average Bonchev–Trinajstić information content (AvgIpc) is 3.37. The van der Waals surface area contributed by atoms with Gasteiger partial charge in [-0.1, -0.05) is 51.6 Å². The number of hydrogen-bond acceptors (Lipinski definition) is 7. The normalized spacial score (nSPS) is 17.6. The molecule has 8 nitrogen and oxygen atoms in total. The van der Waals surface area contributed by atoms with Gasteiger partial charge in [-0.15, -0.1) is 0 Å². The van der Waals surface area contributed by atoms with Crippen molar-refractivity contribution in [2.45, 2.75) is 91.0 Å². The van der Waals surface area contributed by atoms with Gasteiger partial charge in [-0.2, -0.15) is 10.1 Å². The van der Waals surface area contributed by atoms with Crippen LogP contribution in [0.15, 0.2) is 16.8 Å². The van der Waals surface area contributed by atoms with Crippen molar-refractivity contribution in [1.29, 1.82) is 0 Å². The molecule has 2 aromatic heterocycles.